The monoisotopic (exact) mass is 875 g/mol. The number of benzene rings is 2. The summed E-state index contributed by atoms with van der Waals surface area (Å²) in [6.45, 7) is 10.3. The molecule has 0 amide bonds. The molecule has 2 unspecified atom stereocenters. The fraction of sp³-hybridized carbons (Fsp3) is 0.769. The van der Waals surface area contributed by atoms with E-state index >= 15 is 9.13 Å². The van der Waals surface area contributed by atoms with E-state index in [4.69, 9.17) is 22.4 Å². The Hall–Kier alpha value is -1.30. The largest absolute Gasteiger partial charge is 0.484 e. The van der Waals surface area contributed by atoms with Gasteiger partial charge >= 0.3 is 15.6 Å². The molecule has 336 valence electrons. The van der Waals surface area contributed by atoms with E-state index in [-0.39, 0.29) is 36.3 Å². The van der Waals surface area contributed by atoms with Gasteiger partial charge in [-0.1, -0.05) is 101 Å². The standard InChI is InChI=1S/C52H76O7P2/c1-49-27-11-17-45(49)43-21-19-39-33-41(23-31-51(39,3)47(43)25-29-49)57-60(53,55-35-37-13-7-5-8-14-37)59-61(54,56-36-38-15-9-6-10-16-38)58-42-24-32-52(4)40(34-42)20-22-44-46-18-12-28-50(46,2)30-26-48(44)52/h5-10,13-16,39-48H,11-12,17-36H2,1-4H3/t39-,40-,41-,42-,43-,44-,45-,46-,47-,48-,49-,50-,51-,52-,60?,61?/m0/s1. The molecule has 0 radical (unpaired) electrons. The van der Waals surface area contributed by atoms with Crippen molar-refractivity contribution >= 4 is 15.6 Å². The van der Waals surface area contributed by atoms with Crippen LogP contribution in [0.4, 0.5) is 0 Å². The molecule has 8 saturated carbocycles. The maximum Gasteiger partial charge on any atom is 0.484 e. The lowest BCUT2D eigenvalue weighted by molar-refractivity contribution is -0.122. The first-order chi connectivity index (χ1) is 29.3. The van der Waals surface area contributed by atoms with Crippen molar-refractivity contribution in [2.24, 2.45) is 69.0 Å². The van der Waals surface area contributed by atoms with Crippen LogP contribution in [0, 0.1) is 69.0 Å². The highest BCUT2D eigenvalue weighted by Gasteiger charge is 2.60. The van der Waals surface area contributed by atoms with E-state index < -0.39 is 15.6 Å². The predicted octanol–water partition coefficient (Wildman–Crippen LogP) is 15.3. The summed E-state index contributed by atoms with van der Waals surface area (Å²) in [5.41, 5.74) is 3.25. The lowest BCUT2D eigenvalue weighted by atomic mass is 9.45. The van der Waals surface area contributed by atoms with E-state index in [1.165, 1.54) is 89.9 Å². The predicted molar refractivity (Wildman–Crippen MR) is 241 cm³/mol. The van der Waals surface area contributed by atoms with Gasteiger partial charge in [0.2, 0.25) is 0 Å². The summed E-state index contributed by atoms with van der Waals surface area (Å²) in [5.74, 6) is 5.84. The van der Waals surface area contributed by atoms with Gasteiger partial charge in [-0.3, -0.25) is 18.1 Å². The van der Waals surface area contributed by atoms with E-state index in [9.17, 15) is 0 Å². The fourth-order valence-electron chi connectivity index (χ4n) is 16.7. The van der Waals surface area contributed by atoms with E-state index in [1.54, 1.807) is 0 Å². The molecular weight excluding hydrogens is 799 g/mol. The van der Waals surface area contributed by atoms with Crippen molar-refractivity contribution in [3.05, 3.63) is 71.8 Å². The van der Waals surface area contributed by atoms with Crippen molar-refractivity contribution in [1.29, 1.82) is 0 Å². The molecule has 16 atom stereocenters. The third-order valence-electron chi connectivity index (χ3n) is 20.0. The van der Waals surface area contributed by atoms with Crippen molar-refractivity contribution in [1.82, 2.24) is 0 Å². The van der Waals surface area contributed by atoms with Gasteiger partial charge in [-0.05, 0) is 196 Å². The highest BCUT2D eigenvalue weighted by atomic mass is 31.3. The molecule has 10 rings (SSSR count). The molecule has 8 aliphatic rings. The number of phosphoric ester groups is 2. The molecule has 2 aromatic carbocycles. The van der Waals surface area contributed by atoms with Gasteiger partial charge in [0.1, 0.15) is 0 Å². The number of hydrogen-bond donors (Lipinski definition) is 0. The van der Waals surface area contributed by atoms with Crippen molar-refractivity contribution in [3.63, 3.8) is 0 Å². The van der Waals surface area contributed by atoms with E-state index in [0.29, 0.717) is 22.7 Å². The summed E-state index contributed by atoms with van der Waals surface area (Å²) in [4.78, 5) is 0. The Kier molecular flexibility index (Phi) is 12.0. The summed E-state index contributed by atoms with van der Waals surface area (Å²) in [6.07, 6.45) is 23.3. The highest BCUT2D eigenvalue weighted by Crippen LogP contribution is 2.72. The fourth-order valence-corrected chi connectivity index (χ4v) is 20.2. The third kappa shape index (κ3) is 8.31. The minimum absolute atomic E-state index is 0.00102. The number of phosphoric acid groups is 2. The Balaban J connectivity index is 0.871. The first-order valence-electron chi connectivity index (χ1n) is 24.9. The molecule has 0 spiro atoms. The third-order valence-corrected chi connectivity index (χ3v) is 23.6. The summed E-state index contributed by atoms with van der Waals surface area (Å²) >= 11 is 0. The van der Waals surface area contributed by atoms with Crippen molar-refractivity contribution in [2.75, 3.05) is 0 Å². The molecule has 7 nitrogen and oxygen atoms in total. The van der Waals surface area contributed by atoms with Gasteiger partial charge in [0.25, 0.3) is 0 Å². The molecular formula is C52H76O7P2. The Morgan fingerprint density at radius 3 is 1.34 bits per heavy atom. The maximum atomic E-state index is 15.3. The van der Waals surface area contributed by atoms with E-state index in [1.807, 2.05) is 60.7 Å². The van der Waals surface area contributed by atoms with Crippen LogP contribution in [0.5, 0.6) is 0 Å². The zero-order chi connectivity index (χ0) is 42.1. The second-order valence-corrected chi connectivity index (χ2v) is 26.4. The summed E-state index contributed by atoms with van der Waals surface area (Å²) in [6, 6.07) is 19.4. The minimum atomic E-state index is -4.48. The summed E-state index contributed by atoms with van der Waals surface area (Å²) < 4.78 is 62.7. The summed E-state index contributed by atoms with van der Waals surface area (Å²) in [5, 5.41) is 0. The van der Waals surface area contributed by atoms with Crippen LogP contribution in [0.15, 0.2) is 60.7 Å². The average molecular weight is 875 g/mol. The number of fused-ring (bicyclic) bond motifs is 10. The second-order valence-electron chi connectivity index (χ2n) is 23.0. The lowest BCUT2D eigenvalue weighted by Gasteiger charge is -2.60. The normalized spacial score (nSPS) is 44.9. The van der Waals surface area contributed by atoms with Gasteiger partial charge in [-0.25, -0.2) is 9.13 Å². The van der Waals surface area contributed by atoms with E-state index in [0.717, 1.165) is 85.2 Å². The first kappa shape index (κ1) is 43.6. The van der Waals surface area contributed by atoms with Crippen molar-refractivity contribution in [2.45, 2.75) is 182 Å². The SMILES string of the molecule is C[C@@]12CCC[C@H]1[C@@H]1CC[C@H]3C[C@@H](OP(=O)(OCc4ccccc4)OP(=O)(OCc4ccccc4)O[C@H]4CC[C@@]5(C)[C@@H](CC[C@H]6[C@@H]7CCC[C@@]7(C)CC[C@@H]65)C4)CC[C@]3(C)[C@H]1CC2. The van der Waals surface area contributed by atoms with Gasteiger partial charge in [-0.2, -0.15) is 4.31 Å². The molecule has 0 saturated heterocycles. The van der Waals surface area contributed by atoms with Crippen LogP contribution in [0.1, 0.15) is 167 Å². The second kappa shape index (κ2) is 16.8. The van der Waals surface area contributed by atoms with Crippen LogP contribution in [0.25, 0.3) is 0 Å². The Morgan fingerprint density at radius 1 is 0.492 bits per heavy atom. The Morgan fingerprint density at radius 2 is 0.918 bits per heavy atom. The zero-order valence-electron chi connectivity index (χ0n) is 37.9. The smallest absolute Gasteiger partial charge is 0.283 e. The van der Waals surface area contributed by atoms with Gasteiger partial charge < -0.3 is 0 Å². The van der Waals surface area contributed by atoms with Crippen molar-refractivity contribution < 1.29 is 31.5 Å². The molecule has 0 N–H and O–H groups in total. The van der Waals surface area contributed by atoms with Crippen LogP contribution in [0.3, 0.4) is 0 Å². The van der Waals surface area contributed by atoms with Crippen LogP contribution in [-0.2, 0) is 44.7 Å². The topological polar surface area (TPSA) is 80.3 Å². The molecule has 8 aliphatic carbocycles. The number of rotatable bonds is 12. The minimum Gasteiger partial charge on any atom is -0.283 e. The average Bonchev–Trinajstić information content (AvgIpc) is 3.86. The van der Waals surface area contributed by atoms with Crippen LogP contribution in [0.2, 0.25) is 0 Å². The molecule has 0 aliphatic heterocycles. The molecule has 2 aromatic rings. The highest BCUT2D eigenvalue weighted by molar-refractivity contribution is 7.62. The molecule has 8 fully saturated rings. The lowest BCUT2D eigenvalue weighted by Crippen LogP contribution is -2.53. The Labute approximate surface area is 368 Å². The van der Waals surface area contributed by atoms with Crippen LogP contribution >= 0.6 is 15.6 Å². The van der Waals surface area contributed by atoms with Crippen LogP contribution in [-0.4, -0.2) is 12.2 Å². The van der Waals surface area contributed by atoms with Gasteiger partial charge in [0, 0.05) is 0 Å². The molecule has 0 aromatic heterocycles. The van der Waals surface area contributed by atoms with Gasteiger partial charge in [0.15, 0.2) is 0 Å². The van der Waals surface area contributed by atoms with Crippen LogP contribution < -0.4 is 0 Å². The van der Waals surface area contributed by atoms with Gasteiger partial charge in [-0.15, -0.1) is 0 Å². The quantitative estimate of drug-likeness (QED) is 0.197. The first-order valence-corrected chi connectivity index (χ1v) is 27.9. The molecule has 61 heavy (non-hydrogen) atoms. The number of hydrogen-bond acceptors (Lipinski definition) is 7. The Bertz CT molecular complexity index is 1810. The van der Waals surface area contributed by atoms with E-state index in [2.05, 4.69) is 27.7 Å². The molecule has 9 heteroatoms. The maximum absolute atomic E-state index is 15.3. The zero-order valence-corrected chi connectivity index (χ0v) is 39.6. The summed E-state index contributed by atoms with van der Waals surface area (Å²) in [7, 11) is -8.96. The molecule has 0 bridgehead atoms. The van der Waals surface area contributed by atoms with Gasteiger partial charge in [0.05, 0.1) is 25.4 Å². The molecule has 0 heterocycles. The van der Waals surface area contributed by atoms with Crippen molar-refractivity contribution in [3.8, 4) is 0 Å².